The first kappa shape index (κ1) is 19.9. The molecular weight excluding hydrogens is 352 g/mol. The third kappa shape index (κ3) is 4.71. The van der Waals surface area contributed by atoms with Gasteiger partial charge in [-0.05, 0) is 31.9 Å². The average molecular weight is 383 g/mol. The first-order chi connectivity index (χ1) is 13.8. The largest absolute Gasteiger partial charge is 0.361 e. The molecule has 150 valence electrons. The minimum atomic E-state index is 0.581. The maximum Gasteiger partial charge on any atom is 0.191 e. The highest BCUT2D eigenvalue weighted by molar-refractivity contribution is 5.79. The lowest BCUT2D eigenvalue weighted by Gasteiger charge is -2.12. The minimum Gasteiger partial charge on any atom is -0.361 e. The van der Waals surface area contributed by atoms with Gasteiger partial charge in [0.1, 0.15) is 5.76 Å². The molecule has 0 unspecified atom stereocenters. The zero-order valence-electron chi connectivity index (χ0n) is 17.0. The normalized spacial score (nSPS) is 11.9. The molecule has 0 saturated heterocycles. The standard InChI is InChI=1S/C21H30N6O/c1-4-17-16(20(5-2)28-26-17)14-24-21(22-6-3)23-12-9-13-27-15-25-18-10-7-8-11-19(18)27/h7-8,10-11,15H,4-6,9,12-14H2,1-3H3,(H2,22,23,24). The molecule has 7 heteroatoms. The Morgan fingerprint density at radius 2 is 2.00 bits per heavy atom. The van der Waals surface area contributed by atoms with Crippen LogP contribution in [0.25, 0.3) is 11.0 Å². The predicted octanol–water partition coefficient (Wildman–Crippen LogP) is 3.29. The summed E-state index contributed by atoms with van der Waals surface area (Å²) in [5, 5.41) is 10.9. The van der Waals surface area contributed by atoms with E-state index in [0.29, 0.717) is 6.54 Å². The number of fused-ring (bicyclic) bond motifs is 1. The summed E-state index contributed by atoms with van der Waals surface area (Å²) < 4.78 is 7.63. The first-order valence-electron chi connectivity index (χ1n) is 10.1. The second-order valence-electron chi connectivity index (χ2n) is 6.64. The number of nitrogens with zero attached hydrogens (tertiary/aromatic N) is 4. The molecule has 0 fully saturated rings. The third-order valence-electron chi connectivity index (χ3n) is 4.74. The lowest BCUT2D eigenvalue weighted by atomic mass is 10.1. The molecule has 0 radical (unpaired) electrons. The van der Waals surface area contributed by atoms with Crippen molar-refractivity contribution < 1.29 is 4.52 Å². The number of benzene rings is 1. The number of para-hydroxylation sites is 2. The zero-order chi connectivity index (χ0) is 19.8. The van der Waals surface area contributed by atoms with E-state index in [0.717, 1.165) is 67.4 Å². The van der Waals surface area contributed by atoms with Gasteiger partial charge in [0.2, 0.25) is 0 Å². The predicted molar refractivity (Wildman–Crippen MR) is 112 cm³/mol. The van der Waals surface area contributed by atoms with E-state index in [4.69, 9.17) is 9.52 Å². The lowest BCUT2D eigenvalue weighted by molar-refractivity contribution is 0.380. The Hall–Kier alpha value is -2.83. The van der Waals surface area contributed by atoms with Gasteiger partial charge >= 0.3 is 0 Å². The van der Waals surface area contributed by atoms with Gasteiger partial charge in [-0.1, -0.05) is 31.1 Å². The Morgan fingerprint density at radius 1 is 1.14 bits per heavy atom. The van der Waals surface area contributed by atoms with E-state index in [1.807, 2.05) is 18.5 Å². The van der Waals surface area contributed by atoms with E-state index >= 15 is 0 Å². The highest BCUT2D eigenvalue weighted by atomic mass is 16.5. The first-order valence-corrected chi connectivity index (χ1v) is 10.1. The van der Waals surface area contributed by atoms with E-state index in [2.05, 4.69) is 58.2 Å². The van der Waals surface area contributed by atoms with E-state index in [1.54, 1.807) is 0 Å². The number of aliphatic imine (C=N–C) groups is 1. The van der Waals surface area contributed by atoms with Crippen molar-refractivity contribution in [3.8, 4) is 0 Å². The summed E-state index contributed by atoms with van der Waals surface area (Å²) in [5.41, 5.74) is 4.34. The lowest BCUT2D eigenvalue weighted by Crippen LogP contribution is -2.38. The Kier molecular flexibility index (Phi) is 7.06. The van der Waals surface area contributed by atoms with Gasteiger partial charge in [-0.15, -0.1) is 0 Å². The van der Waals surface area contributed by atoms with Crippen molar-refractivity contribution in [2.24, 2.45) is 4.99 Å². The van der Waals surface area contributed by atoms with Crippen molar-refractivity contribution in [1.29, 1.82) is 0 Å². The number of hydrogen-bond donors (Lipinski definition) is 2. The molecule has 28 heavy (non-hydrogen) atoms. The van der Waals surface area contributed by atoms with Crippen LogP contribution in [0.3, 0.4) is 0 Å². The molecule has 3 rings (SSSR count). The van der Waals surface area contributed by atoms with E-state index < -0.39 is 0 Å². The van der Waals surface area contributed by atoms with Crippen LogP contribution in [-0.4, -0.2) is 33.8 Å². The van der Waals surface area contributed by atoms with Crippen LogP contribution in [0.2, 0.25) is 0 Å². The summed E-state index contributed by atoms with van der Waals surface area (Å²) in [6.45, 7) is 9.40. The van der Waals surface area contributed by atoms with Crippen molar-refractivity contribution in [2.45, 2.75) is 53.1 Å². The molecule has 0 amide bonds. The van der Waals surface area contributed by atoms with Crippen molar-refractivity contribution in [3.05, 3.63) is 47.6 Å². The maximum atomic E-state index is 5.43. The van der Waals surface area contributed by atoms with Crippen LogP contribution in [0.4, 0.5) is 0 Å². The van der Waals surface area contributed by atoms with Crippen molar-refractivity contribution in [3.63, 3.8) is 0 Å². The van der Waals surface area contributed by atoms with Gasteiger partial charge in [-0.2, -0.15) is 0 Å². The Labute approximate surface area is 166 Å². The topological polar surface area (TPSA) is 80.3 Å². The second kappa shape index (κ2) is 9.92. The molecule has 7 nitrogen and oxygen atoms in total. The molecule has 3 aromatic rings. The summed E-state index contributed by atoms with van der Waals surface area (Å²) in [7, 11) is 0. The minimum absolute atomic E-state index is 0.581. The average Bonchev–Trinajstić information content (AvgIpc) is 3.32. The monoisotopic (exact) mass is 382 g/mol. The van der Waals surface area contributed by atoms with Crippen LogP contribution in [-0.2, 0) is 25.9 Å². The van der Waals surface area contributed by atoms with Crippen molar-refractivity contribution >= 4 is 17.0 Å². The fourth-order valence-corrected chi connectivity index (χ4v) is 3.26. The highest BCUT2D eigenvalue weighted by Gasteiger charge is 2.13. The molecule has 2 N–H and O–H groups in total. The van der Waals surface area contributed by atoms with Crippen LogP contribution in [0.1, 0.15) is 44.2 Å². The van der Waals surface area contributed by atoms with Crippen LogP contribution in [0, 0.1) is 0 Å². The third-order valence-corrected chi connectivity index (χ3v) is 4.74. The molecular formula is C21H30N6O. The highest BCUT2D eigenvalue weighted by Crippen LogP contribution is 2.16. The van der Waals surface area contributed by atoms with Gasteiger partial charge in [-0.25, -0.2) is 9.98 Å². The van der Waals surface area contributed by atoms with E-state index in [1.165, 1.54) is 5.52 Å². The molecule has 0 aliphatic heterocycles. The fourth-order valence-electron chi connectivity index (χ4n) is 3.26. The molecule has 2 heterocycles. The number of imidazole rings is 1. The molecule has 2 aromatic heterocycles. The summed E-state index contributed by atoms with van der Waals surface area (Å²) in [6, 6.07) is 8.22. The van der Waals surface area contributed by atoms with E-state index in [-0.39, 0.29) is 0 Å². The van der Waals surface area contributed by atoms with Gasteiger partial charge in [0.15, 0.2) is 5.96 Å². The van der Waals surface area contributed by atoms with Gasteiger partial charge in [0.05, 0.1) is 29.6 Å². The smallest absolute Gasteiger partial charge is 0.191 e. The molecule has 0 spiro atoms. The van der Waals surface area contributed by atoms with Gasteiger partial charge in [0, 0.05) is 31.6 Å². The SMILES string of the molecule is CCNC(=NCc1c(CC)noc1CC)NCCCn1cnc2ccccc21. The number of rotatable bonds is 9. The fraction of sp³-hybridized carbons (Fsp3) is 0.476. The molecule has 1 aromatic carbocycles. The Balaban J connectivity index is 1.56. The summed E-state index contributed by atoms with van der Waals surface area (Å²) >= 11 is 0. The van der Waals surface area contributed by atoms with Gasteiger partial charge in [-0.3, -0.25) is 0 Å². The van der Waals surface area contributed by atoms with Crippen LogP contribution in [0.15, 0.2) is 40.1 Å². The van der Waals surface area contributed by atoms with E-state index in [9.17, 15) is 0 Å². The summed E-state index contributed by atoms with van der Waals surface area (Å²) in [4.78, 5) is 9.18. The number of aromatic nitrogens is 3. The number of guanidine groups is 1. The second-order valence-corrected chi connectivity index (χ2v) is 6.64. The van der Waals surface area contributed by atoms with Crippen molar-refractivity contribution in [2.75, 3.05) is 13.1 Å². The van der Waals surface area contributed by atoms with Gasteiger partial charge < -0.3 is 19.7 Å². The zero-order valence-corrected chi connectivity index (χ0v) is 17.0. The number of nitrogens with one attached hydrogen (secondary N) is 2. The summed E-state index contributed by atoms with van der Waals surface area (Å²) in [6.07, 6.45) is 4.59. The number of aryl methyl sites for hydroxylation is 3. The Bertz CT molecular complexity index is 889. The molecule has 0 aliphatic rings. The summed E-state index contributed by atoms with van der Waals surface area (Å²) in [5.74, 6) is 1.76. The molecule has 0 bridgehead atoms. The van der Waals surface area contributed by atoms with Gasteiger partial charge in [0.25, 0.3) is 0 Å². The van der Waals surface area contributed by atoms with Crippen LogP contribution in [0.5, 0.6) is 0 Å². The molecule has 0 atom stereocenters. The quantitative estimate of drug-likeness (QED) is 0.337. The van der Waals surface area contributed by atoms with Crippen LogP contribution >= 0.6 is 0 Å². The molecule has 0 aliphatic carbocycles. The van der Waals surface area contributed by atoms with Crippen LogP contribution < -0.4 is 10.6 Å². The number of hydrogen-bond acceptors (Lipinski definition) is 4. The maximum absolute atomic E-state index is 5.43. The van der Waals surface area contributed by atoms with Crippen molar-refractivity contribution in [1.82, 2.24) is 25.3 Å². The molecule has 0 saturated carbocycles. The Morgan fingerprint density at radius 3 is 2.79 bits per heavy atom.